The van der Waals surface area contributed by atoms with Gasteiger partial charge in [-0.25, -0.2) is 0 Å². The van der Waals surface area contributed by atoms with Gasteiger partial charge in [-0.3, -0.25) is 4.98 Å². The number of aromatic nitrogens is 4. The third-order valence-electron chi connectivity index (χ3n) is 7.00. The Labute approximate surface area is 207 Å². The first-order chi connectivity index (χ1) is 17.0. The van der Waals surface area contributed by atoms with Gasteiger partial charge in [0.1, 0.15) is 5.69 Å². The highest BCUT2D eigenvalue weighted by atomic mass is 32.2. The minimum atomic E-state index is -4.43. The Morgan fingerprint density at radius 2 is 1.75 bits per heavy atom. The summed E-state index contributed by atoms with van der Waals surface area (Å²) in [6.07, 6.45) is -5.56. The van der Waals surface area contributed by atoms with Gasteiger partial charge < -0.3 is 9.47 Å². The van der Waals surface area contributed by atoms with Crippen LogP contribution in [0.4, 0.5) is 26.3 Å². The largest absolute Gasteiger partial charge is 0.433 e. The average Bonchev–Trinajstić information content (AvgIpc) is 3.20. The van der Waals surface area contributed by atoms with E-state index in [0.29, 0.717) is 22.5 Å². The quantitative estimate of drug-likeness (QED) is 0.225. The summed E-state index contributed by atoms with van der Waals surface area (Å²) >= 11 is 1.53. The maximum absolute atomic E-state index is 12.8. The second-order valence-electron chi connectivity index (χ2n) is 9.36. The van der Waals surface area contributed by atoms with Crippen LogP contribution in [0.25, 0.3) is 11.4 Å². The molecule has 0 radical (unpaired) electrons. The number of halogens is 6. The van der Waals surface area contributed by atoms with Gasteiger partial charge in [-0.15, -0.1) is 10.2 Å². The molecule has 5 nitrogen and oxygen atoms in total. The number of hydrogen-bond acceptors (Lipinski definition) is 5. The van der Waals surface area contributed by atoms with Gasteiger partial charge in [0.25, 0.3) is 0 Å². The van der Waals surface area contributed by atoms with Crippen molar-refractivity contribution in [3.63, 3.8) is 0 Å². The van der Waals surface area contributed by atoms with Crippen molar-refractivity contribution >= 4 is 11.8 Å². The molecule has 2 atom stereocenters. The summed E-state index contributed by atoms with van der Waals surface area (Å²) in [7, 11) is 1.78. The first kappa shape index (κ1) is 25.1. The molecule has 0 unspecified atom stereocenters. The van der Waals surface area contributed by atoms with E-state index in [-0.39, 0.29) is 5.41 Å². The van der Waals surface area contributed by atoms with E-state index in [9.17, 15) is 26.3 Å². The van der Waals surface area contributed by atoms with Crippen molar-refractivity contribution in [2.75, 3.05) is 25.4 Å². The molecule has 3 aromatic rings. The van der Waals surface area contributed by atoms with Gasteiger partial charge in [0.15, 0.2) is 11.0 Å². The topological polar surface area (TPSA) is 46.8 Å². The number of hydrogen-bond donors (Lipinski definition) is 0. The molecule has 2 aromatic heterocycles. The molecule has 5 rings (SSSR count). The molecule has 192 valence electrons. The zero-order valence-corrected chi connectivity index (χ0v) is 20.1. The van der Waals surface area contributed by atoms with Crippen molar-refractivity contribution in [2.45, 2.75) is 35.8 Å². The molecule has 0 N–H and O–H groups in total. The number of likely N-dealkylation sites (tertiary alicyclic amines) is 1. The van der Waals surface area contributed by atoms with Gasteiger partial charge in [-0.2, -0.15) is 26.3 Å². The molecule has 0 amide bonds. The molecular formula is C24H23F6N5S. The fourth-order valence-electron chi connectivity index (χ4n) is 5.01. The van der Waals surface area contributed by atoms with Crippen LogP contribution >= 0.6 is 11.8 Å². The lowest BCUT2D eigenvalue weighted by molar-refractivity contribution is -0.141. The Balaban J connectivity index is 1.12. The SMILES string of the molecule is Cn1c(SCCCN2C[C@H]3C[C@@]3(c3ccc(C(F)(F)F)nc3)C2)nnc1-c1ccc(C(F)(F)F)cc1. The number of alkyl halides is 6. The molecule has 1 aliphatic heterocycles. The summed E-state index contributed by atoms with van der Waals surface area (Å²) in [6, 6.07) is 7.48. The lowest BCUT2D eigenvalue weighted by Gasteiger charge is -2.21. The summed E-state index contributed by atoms with van der Waals surface area (Å²) in [5, 5.41) is 9.00. The zero-order chi connectivity index (χ0) is 25.7. The minimum absolute atomic E-state index is 0.0789. The second kappa shape index (κ2) is 9.05. The molecule has 1 saturated carbocycles. The minimum Gasteiger partial charge on any atom is -0.305 e. The van der Waals surface area contributed by atoms with Crippen molar-refractivity contribution in [1.82, 2.24) is 24.6 Å². The van der Waals surface area contributed by atoms with Crippen LogP contribution in [0.3, 0.4) is 0 Å². The summed E-state index contributed by atoms with van der Waals surface area (Å²) in [6.45, 7) is 2.61. The van der Waals surface area contributed by atoms with Crippen LogP contribution in [-0.2, 0) is 24.8 Å². The lowest BCUT2D eigenvalue weighted by atomic mass is 9.96. The fraction of sp³-hybridized carbons (Fsp3) is 0.458. The highest BCUT2D eigenvalue weighted by molar-refractivity contribution is 7.99. The number of rotatable bonds is 7. The number of fused-ring (bicyclic) bond motifs is 1. The van der Waals surface area contributed by atoms with Crippen LogP contribution < -0.4 is 0 Å². The molecule has 0 spiro atoms. The number of nitrogens with zero attached hydrogens (tertiary/aromatic N) is 5. The molecule has 12 heteroatoms. The number of thioether (sulfide) groups is 1. The van der Waals surface area contributed by atoms with Crippen molar-refractivity contribution in [1.29, 1.82) is 0 Å². The van der Waals surface area contributed by atoms with Gasteiger partial charge in [-0.05, 0) is 49.1 Å². The normalized spacial score (nSPS) is 22.1. The number of benzene rings is 1. The summed E-state index contributed by atoms with van der Waals surface area (Å²) in [4.78, 5) is 5.98. The molecule has 0 bridgehead atoms. The van der Waals surface area contributed by atoms with Crippen molar-refractivity contribution < 1.29 is 26.3 Å². The van der Waals surface area contributed by atoms with E-state index in [2.05, 4.69) is 20.1 Å². The van der Waals surface area contributed by atoms with Crippen LogP contribution in [0.15, 0.2) is 47.8 Å². The molecule has 1 aliphatic carbocycles. The first-order valence-corrected chi connectivity index (χ1v) is 12.4. The van der Waals surface area contributed by atoms with Gasteiger partial charge in [0, 0.05) is 43.1 Å². The molecular weight excluding hydrogens is 504 g/mol. The van der Waals surface area contributed by atoms with Crippen molar-refractivity contribution in [3.05, 3.63) is 59.4 Å². The molecule has 1 saturated heterocycles. The third kappa shape index (κ3) is 4.84. The van der Waals surface area contributed by atoms with Gasteiger partial charge in [0.05, 0.1) is 5.56 Å². The molecule has 2 aliphatic rings. The van der Waals surface area contributed by atoms with Crippen molar-refractivity contribution in [2.24, 2.45) is 13.0 Å². The standard InChI is InChI=1S/C24H23F6N5S/c1-34-20(15-3-5-16(6-4-15)23(25,26)27)32-33-21(34)36-10-2-9-35-13-18-11-22(18,14-35)17-7-8-19(31-12-17)24(28,29)30/h3-8,12,18H,2,9-11,13-14H2,1H3/t18-,22+/m1/s1. The number of pyridine rings is 1. The Hall–Kier alpha value is -2.60. The summed E-state index contributed by atoms with van der Waals surface area (Å²) in [5.41, 5.74) is -0.211. The second-order valence-corrected chi connectivity index (χ2v) is 10.4. The van der Waals surface area contributed by atoms with Crippen LogP contribution in [-0.4, -0.2) is 50.0 Å². The lowest BCUT2D eigenvalue weighted by Crippen LogP contribution is -2.28. The summed E-state index contributed by atoms with van der Waals surface area (Å²) in [5.74, 6) is 1.74. The highest BCUT2D eigenvalue weighted by Crippen LogP contribution is 2.59. The fourth-order valence-corrected chi connectivity index (χ4v) is 5.85. The van der Waals surface area contributed by atoms with E-state index in [1.807, 2.05) is 0 Å². The third-order valence-corrected chi connectivity index (χ3v) is 8.11. The molecule has 3 heterocycles. The predicted molar refractivity (Wildman–Crippen MR) is 122 cm³/mol. The summed E-state index contributed by atoms with van der Waals surface area (Å²) < 4.78 is 78.6. The Morgan fingerprint density at radius 3 is 2.39 bits per heavy atom. The van der Waals surface area contributed by atoms with Gasteiger partial charge >= 0.3 is 12.4 Å². The Kier molecular flexibility index (Phi) is 6.30. The van der Waals surface area contributed by atoms with Crippen LogP contribution in [0.1, 0.15) is 29.7 Å². The van der Waals surface area contributed by atoms with Crippen LogP contribution in [0.2, 0.25) is 0 Å². The van der Waals surface area contributed by atoms with Crippen LogP contribution in [0, 0.1) is 5.92 Å². The maximum atomic E-state index is 12.8. The smallest absolute Gasteiger partial charge is 0.305 e. The van der Waals surface area contributed by atoms with E-state index in [1.165, 1.54) is 30.1 Å². The van der Waals surface area contributed by atoms with E-state index in [4.69, 9.17) is 0 Å². The highest BCUT2D eigenvalue weighted by Gasteiger charge is 2.60. The molecule has 36 heavy (non-hydrogen) atoms. The van der Waals surface area contributed by atoms with Gasteiger partial charge in [0.2, 0.25) is 0 Å². The first-order valence-electron chi connectivity index (χ1n) is 11.4. The Bertz CT molecular complexity index is 1220. The average molecular weight is 528 g/mol. The molecule has 1 aromatic carbocycles. The van der Waals surface area contributed by atoms with Gasteiger partial charge in [-0.1, -0.05) is 30.0 Å². The predicted octanol–water partition coefficient (Wildman–Crippen LogP) is 5.67. The van der Waals surface area contributed by atoms with E-state index in [0.717, 1.165) is 62.0 Å². The van der Waals surface area contributed by atoms with Crippen LogP contribution in [0.5, 0.6) is 0 Å². The van der Waals surface area contributed by atoms with E-state index >= 15 is 0 Å². The van der Waals surface area contributed by atoms with Crippen molar-refractivity contribution in [3.8, 4) is 11.4 Å². The Morgan fingerprint density at radius 1 is 1.00 bits per heavy atom. The zero-order valence-electron chi connectivity index (χ0n) is 19.3. The van der Waals surface area contributed by atoms with E-state index < -0.39 is 23.6 Å². The molecule has 2 fully saturated rings. The number of piperidine rings is 1. The maximum Gasteiger partial charge on any atom is 0.433 e. The monoisotopic (exact) mass is 527 g/mol. The van der Waals surface area contributed by atoms with E-state index in [1.54, 1.807) is 17.7 Å².